The highest BCUT2D eigenvalue weighted by molar-refractivity contribution is 9.10. The summed E-state index contributed by atoms with van der Waals surface area (Å²) in [6.45, 7) is 4.74. The second kappa shape index (κ2) is 5.64. The molecule has 0 radical (unpaired) electrons. The van der Waals surface area contributed by atoms with E-state index in [1.807, 2.05) is 18.2 Å². The minimum absolute atomic E-state index is 0.0944. The number of benzene rings is 2. The van der Waals surface area contributed by atoms with E-state index in [1.165, 1.54) is 16.8 Å². The Morgan fingerprint density at radius 2 is 1.90 bits per heavy atom. The van der Waals surface area contributed by atoms with Gasteiger partial charge in [-0.1, -0.05) is 17.7 Å². The van der Waals surface area contributed by atoms with Crippen molar-refractivity contribution in [1.29, 1.82) is 0 Å². The molecule has 2 aromatic carbocycles. The SMILES string of the molecule is CC(=O)c1ccc(N2CCCc3cc(C)ccc32)c(Br)c1. The summed E-state index contributed by atoms with van der Waals surface area (Å²) in [6, 6.07) is 12.5. The van der Waals surface area contributed by atoms with E-state index in [2.05, 4.69) is 46.0 Å². The van der Waals surface area contributed by atoms with Crippen LogP contribution in [0.25, 0.3) is 0 Å². The lowest BCUT2D eigenvalue weighted by Crippen LogP contribution is -2.25. The maximum Gasteiger partial charge on any atom is 0.159 e. The first-order chi connectivity index (χ1) is 10.1. The zero-order valence-electron chi connectivity index (χ0n) is 12.3. The number of halogens is 1. The number of Topliss-reactive ketones (excluding diaryl/α,β-unsaturated/α-hetero) is 1. The minimum atomic E-state index is 0.0944. The summed E-state index contributed by atoms with van der Waals surface area (Å²) >= 11 is 3.62. The van der Waals surface area contributed by atoms with Gasteiger partial charge in [-0.2, -0.15) is 0 Å². The highest BCUT2D eigenvalue weighted by atomic mass is 79.9. The summed E-state index contributed by atoms with van der Waals surface area (Å²) in [5, 5.41) is 0. The second-order valence-corrected chi connectivity index (χ2v) is 6.46. The fraction of sp³-hybridized carbons (Fsp3) is 0.278. The predicted octanol–water partition coefficient (Wildman–Crippen LogP) is 5.04. The third-order valence-electron chi connectivity index (χ3n) is 4.00. The van der Waals surface area contributed by atoms with Crippen LogP contribution in [-0.4, -0.2) is 12.3 Å². The molecule has 0 amide bonds. The van der Waals surface area contributed by atoms with Crippen LogP contribution in [0.4, 0.5) is 11.4 Å². The average Bonchev–Trinajstić information content (AvgIpc) is 2.46. The lowest BCUT2D eigenvalue weighted by atomic mass is 9.99. The van der Waals surface area contributed by atoms with E-state index >= 15 is 0 Å². The van der Waals surface area contributed by atoms with Gasteiger partial charge in [-0.15, -0.1) is 0 Å². The van der Waals surface area contributed by atoms with Gasteiger partial charge in [-0.05, 0) is 72.4 Å². The molecule has 0 fully saturated rings. The van der Waals surface area contributed by atoms with Crippen LogP contribution in [-0.2, 0) is 6.42 Å². The Morgan fingerprint density at radius 3 is 2.62 bits per heavy atom. The molecule has 1 aliphatic heterocycles. The van der Waals surface area contributed by atoms with Gasteiger partial charge in [0.2, 0.25) is 0 Å². The maximum atomic E-state index is 11.5. The van der Waals surface area contributed by atoms with Crippen molar-refractivity contribution >= 4 is 33.1 Å². The van der Waals surface area contributed by atoms with Crippen molar-refractivity contribution < 1.29 is 4.79 Å². The second-order valence-electron chi connectivity index (χ2n) is 5.61. The molecule has 1 heterocycles. The van der Waals surface area contributed by atoms with Crippen LogP contribution < -0.4 is 4.90 Å². The summed E-state index contributed by atoms with van der Waals surface area (Å²) in [5.74, 6) is 0.0944. The molecule has 2 aromatic rings. The number of hydrogen-bond acceptors (Lipinski definition) is 2. The molecule has 108 valence electrons. The van der Waals surface area contributed by atoms with Gasteiger partial charge < -0.3 is 4.90 Å². The number of nitrogens with zero attached hydrogens (tertiary/aromatic N) is 1. The smallest absolute Gasteiger partial charge is 0.159 e. The summed E-state index contributed by atoms with van der Waals surface area (Å²) in [5.41, 5.74) is 5.87. The van der Waals surface area contributed by atoms with Crippen LogP contribution in [0.5, 0.6) is 0 Å². The Kier molecular flexibility index (Phi) is 3.85. The molecule has 0 unspecified atom stereocenters. The van der Waals surface area contributed by atoms with Crippen molar-refractivity contribution in [1.82, 2.24) is 0 Å². The summed E-state index contributed by atoms with van der Waals surface area (Å²) in [4.78, 5) is 13.8. The van der Waals surface area contributed by atoms with Gasteiger partial charge in [0.25, 0.3) is 0 Å². The van der Waals surface area contributed by atoms with Gasteiger partial charge in [0.05, 0.1) is 5.69 Å². The quantitative estimate of drug-likeness (QED) is 0.711. The summed E-state index contributed by atoms with van der Waals surface area (Å²) in [6.07, 6.45) is 2.29. The third kappa shape index (κ3) is 2.75. The number of carbonyl (C=O) groups excluding carboxylic acids is 1. The van der Waals surface area contributed by atoms with Crippen LogP contribution in [0, 0.1) is 6.92 Å². The van der Waals surface area contributed by atoms with Crippen molar-refractivity contribution in [2.45, 2.75) is 26.7 Å². The number of rotatable bonds is 2. The average molecular weight is 344 g/mol. The zero-order valence-corrected chi connectivity index (χ0v) is 13.9. The van der Waals surface area contributed by atoms with Gasteiger partial charge >= 0.3 is 0 Å². The Bertz CT molecular complexity index is 708. The van der Waals surface area contributed by atoms with Crippen LogP contribution in [0.2, 0.25) is 0 Å². The topological polar surface area (TPSA) is 20.3 Å². The zero-order chi connectivity index (χ0) is 15.0. The molecular formula is C18H18BrNO. The molecule has 3 rings (SSSR count). The van der Waals surface area contributed by atoms with E-state index in [-0.39, 0.29) is 5.78 Å². The van der Waals surface area contributed by atoms with Crippen molar-refractivity contribution in [3.05, 3.63) is 57.6 Å². The first-order valence-electron chi connectivity index (χ1n) is 7.24. The van der Waals surface area contributed by atoms with Crippen LogP contribution in [0.1, 0.15) is 34.8 Å². The van der Waals surface area contributed by atoms with Crippen molar-refractivity contribution in [2.75, 3.05) is 11.4 Å². The first kappa shape index (κ1) is 14.3. The van der Waals surface area contributed by atoms with Gasteiger partial charge in [0, 0.05) is 22.3 Å². The number of anilines is 2. The van der Waals surface area contributed by atoms with E-state index in [0.717, 1.165) is 35.1 Å². The van der Waals surface area contributed by atoms with Gasteiger partial charge in [0.1, 0.15) is 0 Å². The number of hydrogen-bond donors (Lipinski definition) is 0. The Balaban J connectivity index is 2.05. The van der Waals surface area contributed by atoms with Gasteiger partial charge in [0.15, 0.2) is 5.78 Å². The molecule has 0 bridgehead atoms. The van der Waals surface area contributed by atoms with Crippen LogP contribution >= 0.6 is 15.9 Å². The number of carbonyl (C=O) groups is 1. The molecule has 21 heavy (non-hydrogen) atoms. The van der Waals surface area contributed by atoms with E-state index < -0.39 is 0 Å². The fourth-order valence-electron chi connectivity index (χ4n) is 2.92. The molecule has 0 saturated heterocycles. The molecule has 0 aromatic heterocycles. The van der Waals surface area contributed by atoms with Crippen molar-refractivity contribution in [3.8, 4) is 0 Å². The summed E-state index contributed by atoms with van der Waals surface area (Å²) < 4.78 is 0.976. The fourth-order valence-corrected chi connectivity index (χ4v) is 3.51. The molecule has 3 heteroatoms. The molecule has 0 spiro atoms. The minimum Gasteiger partial charge on any atom is -0.340 e. The van der Waals surface area contributed by atoms with Crippen molar-refractivity contribution in [2.24, 2.45) is 0 Å². The van der Waals surface area contributed by atoms with E-state index in [9.17, 15) is 4.79 Å². The maximum absolute atomic E-state index is 11.5. The highest BCUT2D eigenvalue weighted by Gasteiger charge is 2.20. The molecule has 2 nitrogen and oxygen atoms in total. The van der Waals surface area contributed by atoms with E-state index in [4.69, 9.17) is 0 Å². The number of aryl methyl sites for hydroxylation is 2. The number of fused-ring (bicyclic) bond motifs is 1. The Hall–Kier alpha value is -1.61. The monoisotopic (exact) mass is 343 g/mol. The largest absolute Gasteiger partial charge is 0.340 e. The van der Waals surface area contributed by atoms with Crippen LogP contribution in [0.15, 0.2) is 40.9 Å². The number of ketones is 1. The molecule has 0 aliphatic carbocycles. The molecule has 0 atom stereocenters. The first-order valence-corrected chi connectivity index (χ1v) is 8.03. The normalized spacial score (nSPS) is 14.0. The van der Waals surface area contributed by atoms with E-state index in [0.29, 0.717) is 0 Å². The Morgan fingerprint density at radius 1 is 1.14 bits per heavy atom. The molecular weight excluding hydrogens is 326 g/mol. The predicted molar refractivity (Wildman–Crippen MR) is 90.7 cm³/mol. The van der Waals surface area contributed by atoms with Crippen LogP contribution in [0.3, 0.4) is 0 Å². The molecule has 1 aliphatic rings. The molecule has 0 N–H and O–H groups in total. The lowest BCUT2D eigenvalue weighted by molar-refractivity contribution is 0.101. The summed E-state index contributed by atoms with van der Waals surface area (Å²) in [7, 11) is 0. The standard InChI is InChI=1S/C18H18BrNO/c1-12-5-7-17-15(10-12)4-3-9-20(17)18-8-6-14(13(2)21)11-16(18)19/h5-8,10-11H,3-4,9H2,1-2H3. The van der Waals surface area contributed by atoms with E-state index in [1.54, 1.807) is 6.92 Å². The highest BCUT2D eigenvalue weighted by Crippen LogP contribution is 2.38. The third-order valence-corrected chi connectivity index (χ3v) is 4.63. The van der Waals surface area contributed by atoms with Crippen molar-refractivity contribution in [3.63, 3.8) is 0 Å². The molecule has 0 saturated carbocycles. The Labute approximate surface area is 133 Å². The lowest BCUT2D eigenvalue weighted by Gasteiger charge is -2.32. The van der Waals surface area contributed by atoms with Gasteiger partial charge in [-0.25, -0.2) is 0 Å². The van der Waals surface area contributed by atoms with Gasteiger partial charge in [-0.3, -0.25) is 4.79 Å².